The van der Waals surface area contributed by atoms with Crippen LogP contribution in [0.1, 0.15) is 76.6 Å². The number of amides is 2. The predicted octanol–water partition coefficient (Wildman–Crippen LogP) is 10.6. The predicted molar refractivity (Wildman–Crippen MR) is 178 cm³/mol. The zero-order valence-electron chi connectivity index (χ0n) is 27.0. The topological polar surface area (TPSA) is 68.5 Å². The molecule has 0 atom stereocenters. The van der Waals surface area contributed by atoms with Crippen LogP contribution < -0.4 is 10.5 Å². The fourth-order valence-electron chi connectivity index (χ4n) is 3.70. The van der Waals surface area contributed by atoms with Gasteiger partial charge in [0.25, 0.3) is 0 Å². The number of aryl methyl sites for hydroxylation is 2. The molecule has 250 valence electrons. The van der Waals surface area contributed by atoms with Crippen LogP contribution in [0.5, 0.6) is 5.75 Å². The number of allylic oxidation sites excluding steroid dienone is 1. The number of alkyl halides is 4. The molecule has 1 aliphatic rings. The molecule has 10 heteroatoms. The van der Waals surface area contributed by atoms with E-state index in [1.165, 1.54) is 49.4 Å². The molecule has 1 saturated heterocycles. The van der Waals surface area contributed by atoms with Crippen LogP contribution in [0, 0.1) is 6.92 Å². The quantitative estimate of drug-likeness (QED) is 0.269. The zero-order valence-corrected chi connectivity index (χ0v) is 27.8. The Morgan fingerprint density at radius 3 is 2.07 bits per heavy atom. The number of nitrogens with zero attached hydrogens (tertiary/aromatic N) is 2. The first kappa shape index (κ1) is 41.4. The SMILES string of the molecule is C=C(C)c1cccc(OC(F)(F)C(F)F)c1.CC.CCCc1ccccc1.Cc1ccc(Cl)cn1.NC(=O)N1CCCCCC1. The van der Waals surface area contributed by atoms with Gasteiger partial charge in [0, 0.05) is 25.0 Å². The Balaban J connectivity index is 0.000000584. The summed E-state index contributed by atoms with van der Waals surface area (Å²) >= 11 is 5.55. The van der Waals surface area contributed by atoms with Crippen molar-refractivity contribution in [3.8, 4) is 5.75 Å². The molecule has 3 aromatic rings. The second-order valence-corrected chi connectivity index (χ2v) is 10.3. The van der Waals surface area contributed by atoms with E-state index in [1.807, 2.05) is 32.9 Å². The highest BCUT2D eigenvalue weighted by Gasteiger charge is 2.43. The number of benzene rings is 2. The van der Waals surface area contributed by atoms with Gasteiger partial charge in [-0.25, -0.2) is 4.79 Å². The second-order valence-electron chi connectivity index (χ2n) is 9.87. The molecule has 0 unspecified atom stereocenters. The van der Waals surface area contributed by atoms with E-state index in [2.05, 4.69) is 53.6 Å². The third-order valence-corrected chi connectivity index (χ3v) is 6.23. The summed E-state index contributed by atoms with van der Waals surface area (Å²) in [5, 5.41) is 0.690. The molecule has 0 radical (unpaired) electrons. The first-order chi connectivity index (χ1) is 21.4. The highest BCUT2D eigenvalue weighted by atomic mass is 35.5. The van der Waals surface area contributed by atoms with Gasteiger partial charge < -0.3 is 15.4 Å². The molecule has 2 amide bonds. The lowest BCUT2D eigenvalue weighted by molar-refractivity contribution is -0.253. The van der Waals surface area contributed by atoms with Crippen LogP contribution in [0.3, 0.4) is 0 Å². The summed E-state index contributed by atoms with van der Waals surface area (Å²) in [5.41, 5.74) is 8.75. The molecule has 2 N–H and O–H groups in total. The molecule has 5 nitrogen and oxygen atoms in total. The summed E-state index contributed by atoms with van der Waals surface area (Å²) < 4.78 is 52.8. The van der Waals surface area contributed by atoms with Crippen LogP contribution in [0.4, 0.5) is 22.4 Å². The minimum Gasteiger partial charge on any atom is -0.428 e. The zero-order chi connectivity index (χ0) is 34.3. The van der Waals surface area contributed by atoms with Gasteiger partial charge in [-0.3, -0.25) is 4.98 Å². The van der Waals surface area contributed by atoms with E-state index < -0.39 is 12.5 Å². The minimum atomic E-state index is -4.48. The van der Waals surface area contributed by atoms with E-state index >= 15 is 0 Å². The Labute approximate surface area is 271 Å². The molecular weight excluding hydrogens is 606 g/mol. The number of likely N-dealkylation sites (tertiary alicyclic amines) is 1. The lowest BCUT2D eigenvalue weighted by Crippen LogP contribution is -2.36. The molecule has 1 fully saturated rings. The lowest BCUT2D eigenvalue weighted by atomic mass is 10.1. The van der Waals surface area contributed by atoms with Crippen LogP contribution in [-0.4, -0.2) is 41.5 Å². The summed E-state index contributed by atoms with van der Waals surface area (Å²) in [5.74, 6) is -0.314. The summed E-state index contributed by atoms with van der Waals surface area (Å²) in [4.78, 5) is 16.3. The van der Waals surface area contributed by atoms with Crippen molar-refractivity contribution in [1.29, 1.82) is 0 Å². The average Bonchev–Trinajstić information content (AvgIpc) is 3.32. The van der Waals surface area contributed by atoms with Gasteiger partial charge in [0.15, 0.2) is 0 Å². The number of urea groups is 1. The van der Waals surface area contributed by atoms with Crippen LogP contribution in [-0.2, 0) is 6.42 Å². The molecule has 0 saturated carbocycles. The monoisotopic (exact) mass is 653 g/mol. The molecule has 4 rings (SSSR count). The number of carbonyl (C=O) groups is 1. The highest BCUT2D eigenvalue weighted by Crippen LogP contribution is 2.28. The summed E-state index contributed by atoms with van der Waals surface area (Å²) in [6, 6.07) is 19.5. The van der Waals surface area contributed by atoms with Gasteiger partial charge in [-0.05, 0) is 68.5 Å². The molecule has 2 aromatic carbocycles. The van der Waals surface area contributed by atoms with Crippen molar-refractivity contribution in [2.75, 3.05) is 13.1 Å². The van der Waals surface area contributed by atoms with E-state index in [-0.39, 0.29) is 11.8 Å². The van der Waals surface area contributed by atoms with Gasteiger partial charge in [-0.2, -0.15) is 17.6 Å². The van der Waals surface area contributed by atoms with Gasteiger partial charge in [0.1, 0.15) is 5.75 Å². The standard InChI is InChI=1S/C11H10F4O.C9H12.C7H14N2O.C6H6ClN.C2H6/c1-7(2)8-4-3-5-9(6-8)16-11(14,15)10(12)13;1-2-6-9-7-4-3-5-8-9;8-7(10)9-5-3-1-2-4-6-9;1-5-2-3-6(7)4-8-5;1-2/h3-6,10H,1H2,2H3;3-5,7-8H,2,6H2,1H3;1-6H2,(H2,8,10);2-4H,1H3;1-2H3. The van der Waals surface area contributed by atoms with Crippen molar-refractivity contribution in [2.45, 2.75) is 85.7 Å². The molecular formula is C35H48ClF4N3O2. The normalized spacial score (nSPS) is 12.3. The first-order valence-electron chi connectivity index (χ1n) is 15.1. The smallest absolute Gasteiger partial charge is 0.428 e. The number of halogens is 5. The fraction of sp³-hybridized carbons (Fsp3) is 0.429. The lowest BCUT2D eigenvalue weighted by Gasteiger charge is -2.17. The van der Waals surface area contributed by atoms with Gasteiger partial charge in [0.2, 0.25) is 0 Å². The van der Waals surface area contributed by atoms with Crippen molar-refractivity contribution < 1.29 is 27.1 Å². The van der Waals surface area contributed by atoms with Crippen LogP contribution >= 0.6 is 11.6 Å². The van der Waals surface area contributed by atoms with E-state index in [0.717, 1.165) is 31.6 Å². The Morgan fingerprint density at radius 1 is 1.02 bits per heavy atom. The maximum absolute atomic E-state index is 12.6. The molecule has 0 spiro atoms. The molecule has 0 aliphatic carbocycles. The maximum Gasteiger partial charge on any atom is 0.461 e. The molecule has 1 aromatic heterocycles. The van der Waals surface area contributed by atoms with Crippen LogP contribution in [0.15, 0.2) is 79.5 Å². The number of hydrogen-bond donors (Lipinski definition) is 1. The van der Waals surface area contributed by atoms with E-state index in [1.54, 1.807) is 24.1 Å². The number of aromatic nitrogens is 1. The number of rotatable bonds is 6. The number of pyridine rings is 1. The number of primary amides is 1. The van der Waals surface area contributed by atoms with Crippen LogP contribution in [0.2, 0.25) is 5.02 Å². The van der Waals surface area contributed by atoms with Gasteiger partial charge in [-0.1, -0.05) is 106 Å². The summed E-state index contributed by atoms with van der Waals surface area (Å²) in [6.45, 7) is 15.1. The largest absolute Gasteiger partial charge is 0.461 e. The molecule has 1 aliphatic heterocycles. The highest BCUT2D eigenvalue weighted by molar-refractivity contribution is 6.30. The van der Waals surface area contributed by atoms with Gasteiger partial charge in [0.05, 0.1) is 5.02 Å². The van der Waals surface area contributed by atoms with Crippen molar-refractivity contribution in [2.24, 2.45) is 5.73 Å². The van der Waals surface area contributed by atoms with Crippen molar-refractivity contribution in [3.63, 3.8) is 0 Å². The first-order valence-corrected chi connectivity index (χ1v) is 15.5. The van der Waals surface area contributed by atoms with Crippen LogP contribution in [0.25, 0.3) is 5.57 Å². The molecule has 2 heterocycles. The molecule has 0 bridgehead atoms. The van der Waals surface area contributed by atoms with Crippen molar-refractivity contribution in [1.82, 2.24) is 9.88 Å². The Morgan fingerprint density at radius 2 is 1.62 bits per heavy atom. The second kappa shape index (κ2) is 23.7. The maximum atomic E-state index is 12.6. The Kier molecular flexibility index (Phi) is 21.9. The summed E-state index contributed by atoms with van der Waals surface area (Å²) in [6.07, 6.45) is 0.454. The van der Waals surface area contributed by atoms with E-state index in [4.69, 9.17) is 17.3 Å². The summed E-state index contributed by atoms with van der Waals surface area (Å²) in [7, 11) is 0. The Hall–Kier alpha value is -3.59. The van der Waals surface area contributed by atoms with Gasteiger partial charge in [-0.15, -0.1) is 0 Å². The number of hydrogen-bond acceptors (Lipinski definition) is 3. The van der Waals surface area contributed by atoms with Crippen molar-refractivity contribution >= 4 is 23.2 Å². The third kappa shape index (κ3) is 19.4. The van der Waals surface area contributed by atoms with Gasteiger partial charge >= 0.3 is 18.6 Å². The van der Waals surface area contributed by atoms with E-state index in [0.29, 0.717) is 16.2 Å². The number of carbonyl (C=O) groups excluding carboxylic acids is 1. The number of ether oxygens (including phenoxy) is 1. The molecule has 45 heavy (non-hydrogen) atoms. The average molecular weight is 654 g/mol. The third-order valence-electron chi connectivity index (χ3n) is 6.01. The fourth-order valence-corrected chi connectivity index (χ4v) is 3.81. The Bertz CT molecular complexity index is 1180. The van der Waals surface area contributed by atoms with E-state index in [9.17, 15) is 22.4 Å². The van der Waals surface area contributed by atoms with Crippen molar-refractivity contribution in [3.05, 3.63) is 101 Å². The number of nitrogens with two attached hydrogens (primary N) is 1. The minimum absolute atomic E-state index is 0.262.